The number of carbonyl (C=O) groups is 2. The Hall–Kier alpha value is -3.60. The van der Waals surface area contributed by atoms with Gasteiger partial charge in [-0.25, -0.2) is 0 Å². The van der Waals surface area contributed by atoms with Crippen LogP contribution in [0.3, 0.4) is 0 Å². The minimum Gasteiger partial charge on any atom is -0.489 e. The van der Waals surface area contributed by atoms with Gasteiger partial charge >= 0.3 is 0 Å². The summed E-state index contributed by atoms with van der Waals surface area (Å²) in [6.45, 7) is 4.73. The molecule has 0 aromatic heterocycles. The Kier molecular flexibility index (Phi) is 6.85. The minimum absolute atomic E-state index is 0.0148. The first-order valence-corrected chi connectivity index (χ1v) is 11.1. The summed E-state index contributed by atoms with van der Waals surface area (Å²) in [5.41, 5.74) is 3.65. The van der Waals surface area contributed by atoms with Crippen LogP contribution in [0.5, 0.6) is 5.75 Å². The number of nitrogens with zero attached hydrogens (tertiary/aromatic N) is 2. The molecule has 1 saturated heterocycles. The van der Waals surface area contributed by atoms with Crippen LogP contribution in [0.25, 0.3) is 0 Å². The van der Waals surface area contributed by atoms with Gasteiger partial charge in [-0.3, -0.25) is 9.59 Å². The Morgan fingerprint density at radius 2 is 1.19 bits per heavy atom. The van der Waals surface area contributed by atoms with E-state index in [1.165, 1.54) is 5.56 Å². The summed E-state index contributed by atoms with van der Waals surface area (Å²) in [5.74, 6) is 0.744. The number of ether oxygens (including phenoxy) is 1. The van der Waals surface area contributed by atoms with E-state index in [2.05, 4.69) is 6.92 Å². The van der Waals surface area contributed by atoms with Gasteiger partial charge in [-0.2, -0.15) is 0 Å². The zero-order valence-corrected chi connectivity index (χ0v) is 18.4. The highest BCUT2D eigenvalue weighted by Gasteiger charge is 2.25. The lowest BCUT2D eigenvalue weighted by Gasteiger charge is -2.35. The average molecular weight is 429 g/mol. The van der Waals surface area contributed by atoms with E-state index in [0.29, 0.717) is 43.9 Å². The number of benzene rings is 3. The molecule has 164 valence electrons. The van der Waals surface area contributed by atoms with Crippen molar-refractivity contribution >= 4 is 11.8 Å². The average Bonchev–Trinajstić information content (AvgIpc) is 2.88. The van der Waals surface area contributed by atoms with Crippen LogP contribution in [0, 0.1) is 0 Å². The third kappa shape index (κ3) is 5.17. The molecule has 1 fully saturated rings. The van der Waals surface area contributed by atoms with Crippen molar-refractivity contribution in [2.75, 3.05) is 26.2 Å². The first kappa shape index (κ1) is 21.6. The molecule has 32 heavy (non-hydrogen) atoms. The lowest BCUT2D eigenvalue weighted by molar-refractivity contribution is 0.0535. The van der Waals surface area contributed by atoms with Crippen LogP contribution in [0.4, 0.5) is 0 Å². The van der Waals surface area contributed by atoms with Crippen molar-refractivity contribution in [3.8, 4) is 5.75 Å². The SMILES string of the molecule is CCc1ccc(C(=O)N2CCN(C(=O)c3ccc(OCc4ccccc4)cc3)CC2)cc1. The Morgan fingerprint density at radius 1 is 0.688 bits per heavy atom. The largest absolute Gasteiger partial charge is 0.489 e. The topological polar surface area (TPSA) is 49.9 Å². The quantitative estimate of drug-likeness (QED) is 0.584. The molecular formula is C27H28N2O3. The van der Waals surface area contributed by atoms with Gasteiger partial charge in [0.25, 0.3) is 11.8 Å². The number of carbonyl (C=O) groups excluding carboxylic acids is 2. The number of aryl methyl sites for hydroxylation is 1. The van der Waals surface area contributed by atoms with Crippen molar-refractivity contribution < 1.29 is 14.3 Å². The molecule has 0 bridgehead atoms. The second-order valence-corrected chi connectivity index (χ2v) is 7.93. The smallest absolute Gasteiger partial charge is 0.253 e. The van der Waals surface area contributed by atoms with Gasteiger partial charge in [0, 0.05) is 37.3 Å². The van der Waals surface area contributed by atoms with Gasteiger partial charge in [-0.1, -0.05) is 49.4 Å². The van der Waals surface area contributed by atoms with Crippen molar-refractivity contribution in [3.05, 3.63) is 101 Å². The Labute approximate surface area is 189 Å². The van der Waals surface area contributed by atoms with Crippen molar-refractivity contribution in [3.63, 3.8) is 0 Å². The monoisotopic (exact) mass is 428 g/mol. The summed E-state index contributed by atoms with van der Waals surface area (Å²) in [4.78, 5) is 29.3. The number of hydrogen-bond acceptors (Lipinski definition) is 3. The number of amides is 2. The molecule has 0 spiro atoms. The van der Waals surface area contributed by atoms with Crippen LogP contribution in [0.15, 0.2) is 78.9 Å². The van der Waals surface area contributed by atoms with Crippen molar-refractivity contribution in [1.29, 1.82) is 0 Å². The van der Waals surface area contributed by atoms with Gasteiger partial charge < -0.3 is 14.5 Å². The lowest BCUT2D eigenvalue weighted by Crippen LogP contribution is -2.50. The maximum Gasteiger partial charge on any atom is 0.253 e. The molecule has 1 aliphatic rings. The predicted octanol–water partition coefficient (Wildman–Crippen LogP) is 4.43. The summed E-state index contributed by atoms with van der Waals surface area (Å²) >= 11 is 0. The van der Waals surface area contributed by atoms with Crippen LogP contribution < -0.4 is 4.74 Å². The van der Waals surface area contributed by atoms with Gasteiger partial charge in [-0.15, -0.1) is 0 Å². The van der Waals surface area contributed by atoms with Crippen molar-refractivity contribution in [1.82, 2.24) is 9.80 Å². The first-order chi connectivity index (χ1) is 15.6. The molecule has 3 aromatic carbocycles. The summed E-state index contributed by atoms with van der Waals surface area (Å²) in [6.07, 6.45) is 0.954. The van der Waals surface area contributed by atoms with E-state index in [9.17, 15) is 9.59 Å². The molecule has 0 saturated carbocycles. The van der Waals surface area contributed by atoms with Crippen LogP contribution >= 0.6 is 0 Å². The second kappa shape index (κ2) is 10.1. The standard InChI is InChI=1S/C27H28N2O3/c1-2-21-8-10-23(11-9-21)26(30)28-16-18-29(19-17-28)27(31)24-12-14-25(15-13-24)32-20-22-6-4-3-5-7-22/h3-15H,2,16-20H2,1H3. The summed E-state index contributed by atoms with van der Waals surface area (Å²) in [5, 5.41) is 0. The molecule has 0 N–H and O–H groups in total. The minimum atomic E-state index is -0.0148. The Morgan fingerprint density at radius 3 is 1.69 bits per heavy atom. The second-order valence-electron chi connectivity index (χ2n) is 7.93. The van der Waals surface area contributed by atoms with E-state index < -0.39 is 0 Å². The molecule has 0 aliphatic carbocycles. The lowest BCUT2D eigenvalue weighted by atomic mass is 10.1. The van der Waals surface area contributed by atoms with Gasteiger partial charge in [0.2, 0.25) is 0 Å². The first-order valence-electron chi connectivity index (χ1n) is 11.1. The molecular weight excluding hydrogens is 400 g/mol. The number of rotatable bonds is 6. The number of hydrogen-bond donors (Lipinski definition) is 0. The van der Waals surface area contributed by atoms with Gasteiger partial charge in [-0.05, 0) is 53.9 Å². The fraction of sp³-hybridized carbons (Fsp3) is 0.259. The molecule has 3 aromatic rings. The molecule has 5 nitrogen and oxygen atoms in total. The van der Waals surface area contributed by atoms with E-state index in [1.54, 1.807) is 12.1 Å². The van der Waals surface area contributed by atoms with E-state index in [1.807, 2.05) is 76.5 Å². The molecule has 0 radical (unpaired) electrons. The maximum atomic E-state index is 12.9. The van der Waals surface area contributed by atoms with Crippen LogP contribution in [0.2, 0.25) is 0 Å². The summed E-state index contributed by atoms with van der Waals surface area (Å²) in [7, 11) is 0. The van der Waals surface area contributed by atoms with Gasteiger partial charge in [0.1, 0.15) is 12.4 Å². The van der Waals surface area contributed by atoms with Crippen LogP contribution in [0.1, 0.15) is 38.8 Å². The molecule has 4 rings (SSSR count). The predicted molar refractivity (Wildman–Crippen MR) is 125 cm³/mol. The number of piperazine rings is 1. The maximum absolute atomic E-state index is 12.9. The summed E-state index contributed by atoms with van der Waals surface area (Å²) < 4.78 is 5.80. The van der Waals surface area contributed by atoms with Gasteiger partial charge in [0.05, 0.1) is 0 Å². The molecule has 0 atom stereocenters. The molecule has 2 amide bonds. The van der Waals surface area contributed by atoms with Crippen molar-refractivity contribution in [2.24, 2.45) is 0 Å². The summed E-state index contributed by atoms with van der Waals surface area (Å²) in [6, 6.07) is 25.0. The molecule has 1 aliphatic heterocycles. The van der Waals surface area contributed by atoms with Crippen LogP contribution in [-0.4, -0.2) is 47.8 Å². The molecule has 1 heterocycles. The van der Waals surface area contributed by atoms with E-state index in [0.717, 1.165) is 17.7 Å². The Balaban J connectivity index is 1.29. The fourth-order valence-corrected chi connectivity index (χ4v) is 3.80. The van der Waals surface area contributed by atoms with Gasteiger partial charge in [0.15, 0.2) is 0 Å². The van der Waals surface area contributed by atoms with Crippen molar-refractivity contribution in [2.45, 2.75) is 20.0 Å². The zero-order chi connectivity index (χ0) is 22.3. The fourth-order valence-electron chi connectivity index (χ4n) is 3.80. The van der Waals surface area contributed by atoms with E-state index >= 15 is 0 Å². The molecule has 0 unspecified atom stereocenters. The normalized spacial score (nSPS) is 13.7. The third-order valence-electron chi connectivity index (χ3n) is 5.81. The third-order valence-corrected chi connectivity index (χ3v) is 5.81. The van der Waals surface area contributed by atoms with Crippen LogP contribution in [-0.2, 0) is 13.0 Å². The molecule has 5 heteroatoms. The van der Waals surface area contributed by atoms with E-state index in [-0.39, 0.29) is 11.8 Å². The zero-order valence-electron chi connectivity index (χ0n) is 18.4. The highest BCUT2D eigenvalue weighted by Crippen LogP contribution is 2.17. The highest BCUT2D eigenvalue weighted by molar-refractivity contribution is 5.96. The van der Waals surface area contributed by atoms with E-state index in [4.69, 9.17) is 4.74 Å². The highest BCUT2D eigenvalue weighted by atomic mass is 16.5. The Bertz CT molecular complexity index is 1040.